The lowest BCUT2D eigenvalue weighted by Gasteiger charge is -2.10. The number of rotatable bonds is 4. The predicted molar refractivity (Wildman–Crippen MR) is 69.2 cm³/mol. The minimum Gasteiger partial charge on any atom is -0.505 e. The molecule has 4 N–H and O–H groups in total. The molecule has 9 heteroatoms. The van der Waals surface area contributed by atoms with Crippen LogP contribution in [0.15, 0.2) is 29.3 Å². The highest BCUT2D eigenvalue weighted by molar-refractivity contribution is 7.92. The van der Waals surface area contributed by atoms with Gasteiger partial charge in [0.25, 0.3) is 10.0 Å². The van der Waals surface area contributed by atoms with E-state index in [4.69, 9.17) is 5.11 Å². The molecular formula is C11H11N3O5S. The highest BCUT2D eigenvalue weighted by Gasteiger charge is 2.21. The van der Waals surface area contributed by atoms with Gasteiger partial charge < -0.3 is 10.2 Å². The van der Waals surface area contributed by atoms with Crippen LogP contribution in [0.2, 0.25) is 0 Å². The summed E-state index contributed by atoms with van der Waals surface area (Å²) in [6, 6.07) is 3.75. The highest BCUT2D eigenvalue weighted by Crippen LogP contribution is 2.29. The summed E-state index contributed by atoms with van der Waals surface area (Å²) in [6.45, 7) is 1.52. The third-order valence-electron chi connectivity index (χ3n) is 2.58. The average molecular weight is 297 g/mol. The Morgan fingerprint density at radius 2 is 2.10 bits per heavy atom. The molecule has 8 nitrogen and oxygen atoms in total. The van der Waals surface area contributed by atoms with Crippen molar-refractivity contribution in [1.29, 1.82) is 0 Å². The maximum absolute atomic E-state index is 12.1. The molecule has 0 saturated carbocycles. The Bertz CT molecular complexity index is 766. The van der Waals surface area contributed by atoms with Crippen molar-refractivity contribution in [3.63, 3.8) is 0 Å². The first-order chi connectivity index (χ1) is 9.33. The van der Waals surface area contributed by atoms with E-state index in [-0.39, 0.29) is 10.6 Å². The number of nitrogens with zero attached hydrogens (tertiary/aromatic N) is 1. The van der Waals surface area contributed by atoms with Crippen molar-refractivity contribution < 1.29 is 23.4 Å². The molecule has 0 aliphatic rings. The maximum atomic E-state index is 12.1. The molecular weight excluding hydrogens is 286 g/mol. The molecule has 0 radical (unpaired) electrons. The summed E-state index contributed by atoms with van der Waals surface area (Å²) in [5, 5.41) is 24.7. The van der Waals surface area contributed by atoms with Gasteiger partial charge in [0.05, 0.1) is 17.6 Å². The van der Waals surface area contributed by atoms with Crippen LogP contribution in [0.1, 0.15) is 16.1 Å². The van der Waals surface area contributed by atoms with E-state index in [0.717, 1.165) is 6.20 Å². The normalized spacial score (nSPS) is 11.2. The number of hydrogen-bond donors (Lipinski definition) is 4. The largest absolute Gasteiger partial charge is 0.505 e. The molecule has 1 heterocycles. The van der Waals surface area contributed by atoms with E-state index in [1.54, 1.807) is 0 Å². The Kier molecular flexibility index (Phi) is 3.36. The topological polar surface area (TPSA) is 132 Å². The second kappa shape index (κ2) is 4.85. The van der Waals surface area contributed by atoms with E-state index < -0.39 is 27.3 Å². The van der Waals surface area contributed by atoms with Gasteiger partial charge in [-0.25, -0.2) is 13.2 Å². The maximum Gasteiger partial charge on any atom is 0.339 e. The number of aryl methyl sites for hydroxylation is 1. The summed E-state index contributed by atoms with van der Waals surface area (Å²) in [4.78, 5) is 10.8. The van der Waals surface area contributed by atoms with Gasteiger partial charge in [0.1, 0.15) is 10.5 Å². The van der Waals surface area contributed by atoms with E-state index in [0.29, 0.717) is 5.69 Å². The number of carboxylic acids is 1. The quantitative estimate of drug-likeness (QED) is 0.620. The molecule has 0 unspecified atom stereocenters. The predicted octanol–water partition coefficient (Wildman–Crippen LogP) is 0.923. The van der Waals surface area contributed by atoms with Crippen LogP contribution >= 0.6 is 0 Å². The van der Waals surface area contributed by atoms with Gasteiger partial charge in [0.2, 0.25) is 0 Å². The Morgan fingerprint density at radius 3 is 2.65 bits per heavy atom. The van der Waals surface area contributed by atoms with Crippen LogP contribution in [0.25, 0.3) is 0 Å². The summed E-state index contributed by atoms with van der Waals surface area (Å²) >= 11 is 0. The number of para-hydroxylation sites is 1. The average Bonchev–Trinajstić information content (AvgIpc) is 2.78. The number of aromatic hydroxyl groups is 1. The SMILES string of the molecule is Cc1[nH]ncc1S(=O)(=O)Nc1cccc(C(=O)O)c1O. The molecule has 0 saturated heterocycles. The van der Waals surface area contributed by atoms with E-state index in [9.17, 15) is 18.3 Å². The highest BCUT2D eigenvalue weighted by atomic mass is 32.2. The molecule has 1 aromatic heterocycles. The lowest BCUT2D eigenvalue weighted by atomic mass is 10.2. The zero-order valence-corrected chi connectivity index (χ0v) is 11.1. The fourth-order valence-corrected chi connectivity index (χ4v) is 2.81. The van der Waals surface area contributed by atoms with Crippen LogP contribution in [0.5, 0.6) is 5.75 Å². The van der Waals surface area contributed by atoms with Crippen LogP contribution in [0.4, 0.5) is 5.69 Å². The van der Waals surface area contributed by atoms with Gasteiger partial charge in [-0.1, -0.05) is 6.07 Å². The van der Waals surface area contributed by atoms with E-state index in [1.165, 1.54) is 25.1 Å². The number of anilines is 1. The fraction of sp³-hybridized carbons (Fsp3) is 0.0909. The van der Waals surface area contributed by atoms with E-state index in [2.05, 4.69) is 14.9 Å². The van der Waals surface area contributed by atoms with Crippen molar-refractivity contribution in [2.45, 2.75) is 11.8 Å². The van der Waals surface area contributed by atoms with Gasteiger partial charge in [-0.05, 0) is 19.1 Å². The summed E-state index contributed by atoms with van der Waals surface area (Å²) in [5.74, 6) is -2.01. The molecule has 0 aliphatic heterocycles. The molecule has 0 bridgehead atoms. The van der Waals surface area contributed by atoms with Crippen molar-refractivity contribution in [2.24, 2.45) is 0 Å². The second-order valence-electron chi connectivity index (χ2n) is 3.97. The van der Waals surface area contributed by atoms with Crippen molar-refractivity contribution >= 4 is 21.7 Å². The Labute approximate surface area is 114 Å². The van der Waals surface area contributed by atoms with Gasteiger partial charge in [0, 0.05) is 0 Å². The van der Waals surface area contributed by atoms with Crippen LogP contribution < -0.4 is 4.72 Å². The Hall–Kier alpha value is -2.55. The van der Waals surface area contributed by atoms with Crippen LogP contribution in [0, 0.1) is 6.92 Å². The van der Waals surface area contributed by atoms with Crippen LogP contribution in [0.3, 0.4) is 0 Å². The molecule has 106 valence electrons. The zero-order chi connectivity index (χ0) is 14.9. The summed E-state index contributed by atoms with van der Waals surface area (Å²) < 4.78 is 26.3. The number of hydrogen-bond acceptors (Lipinski definition) is 5. The van der Waals surface area contributed by atoms with Crippen molar-refractivity contribution in [2.75, 3.05) is 4.72 Å². The lowest BCUT2D eigenvalue weighted by molar-refractivity contribution is 0.0694. The number of H-pyrrole nitrogens is 1. The number of aromatic nitrogens is 2. The Morgan fingerprint density at radius 1 is 1.40 bits per heavy atom. The monoisotopic (exact) mass is 297 g/mol. The minimum absolute atomic E-state index is 0.0855. The molecule has 2 rings (SSSR count). The molecule has 0 atom stereocenters. The number of nitrogens with one attached hydrogen (secondary N) is 2. The Balaban J connectivity index is 2.43. The van der Waals surface area contributed by atoms with Crippen molar-refractivity contribution in [3.05, 3.63) is 35.7 Å². The van der Waals surface area contributed by atoms with Gasteiger partial charge in [-0.2, -0.15) is 5.10 Å². The first-order valence-corrected chi connectivity index (χ1v) is 6.89. The number of aromatic amines is 1. The first-order valence-electron chi connectivity index (χ1n) is 5.41. The number of sulfonamides is 1. The number of carboxylic acid groups (broad SMARTS) is 1. The van der Waals surface area contributed by atoms with Gasteiger partial charge >= 0.3 is 5.97 Å². The molecule has 0 fully saturated rings. The number of phenols is 1. The molecule has 0 amide bonds. The third-order valence-corrected chi connectivity index (χ3v) is 4.06. The number of carbonyl (C=O) groups is 1. The molecule has 0 spiro atoms. The van der Waals surface area contributed by atoms with Crippen LogP contribution in [-0.2, 0) is 10.0 Å². The van der Waals surface area contributed by atoms with Gasteiger partial charge in [-0.15, -0.1) is 0 Å². The standard InChI is InChI=1S/C11H11N3O5S/c1-6-9(5-12-13-6)20(18,19)14-8-4-2-3-7(10(8)15)11(16)17/h2-5,14-15H,1H3,(H,12,13)(H,16,17). The molecule has 20 heavy (non-hydrogen) atoms. The van der Waals surface area contributed by atoms with Gasteiger partial charge in [0.15, 0.2) is 5.75 Å². The van der Waals surface area contributed by atoms with Crippen LogP contribution in [-0.4, -0.2) is 34.8 Å². The summed E-state index contributed by atoms with van der Waals surface area (Å²) in [7, 11) is -3.96. The van der Waals surface area contributed by atoms with E-state index in [1.807, 2.05) is 0 Å². The fourth-order valence-electron chi connectivity index (χ4n) is 1.61. The smallest absolute Gasteiger partial charge is 0.339 e. The third kappa shape index (κ3) is 2.43. The van der Waals surface area contributed by atoms with Crippen molar-refractivity contribution in [3.8, 4) is 5.75 Å². The first kappa shape index (κ1) is 13.9. The number of benzene rings is 1. The number of aromatic carboxylic acids is 1. The minimum atomic E-state index is -3.96. The summed E-state index contributed by atoms with van der Waals surface area (Å²) in [6.07, 6.45) is 1.12. The molecule has 1 aromatic carbocycles. The van der Waals surface area contributed by atoms with Gasteiger partial charge in [-0.3, -0.25) is 9.82 Å². The molecule has 2 aromatic rings. The summed E-state index contributed by atoms with van der Waals surface area (Å²) in [5.41, 5.74) is -0.286. The second-order valence-corrected chi connectivity index (χ2v) is 5.62. The van der Waals surface area contributed by atoms with Crippen molar-refractivity contribution in [1.82, 2.24) is 10.2 Å². The van der Waals surface area contributed by atoms with E-state index >= 15 is 0 Å². The zero-order valence-electron chi connectivity index (χ0n) is 10.3. The molecule has 0 aliphatic carbocycles. The lowest BCUT2D eigenvalue weighted by Crippen LogP contribution is -2.14.